The van der Waals surface area contributed by atoms with Gasteiger partial charge in [0.2, 0.25) is 5.91 Å². The minimum absolute atomic E-state index is 0.000866. The third-order valence-electron chi connectivity index (χ3n) is 8.06. The number of ether oxygens (including phenoxy) is 1. The summed E-state index contributed by atoms with van der Waals surface area (Å²) in [6.45, 7) is 2.98. The summed E-state index contributed by atoms with van der Waals surface area (Å²) in [5.74, 6) is -1.33. The molecule has 2 unspecified atom stereocenters. The Morgan fingerprint density at radius 1 is 1.00 bits per heavy atom. The van der Waals surface area contributed by atoms with Crippen LogP contribution in [0.25, 0.3) is 11.1 Å². The van der Waals surface area contributed by atoms with Crippen molar-refractivity contribution in [1.29, 1.82) is 0 Å². The molecule has 1 saturated heterocycles. The van der Waals surface area contributed by atoms with Crippen LogP contribution in [-0.2, 0) is 14.3 Å². The van der Waals surface area contributed by atoms with E-state index < -0.39 is 18.1 Å². The molecule has 4 atom stereocenters. The number of carbonyl (C=O) groups is 3. The van der Waals surface area contributed by atoms with Gasteiger partial charge in [0.05, 0.1) is 0 Å². The van der Waals surface area contributed by atoms with Crippen LogP contribution < -0.4 is 5.32 Å². The smallest absolute Gasteiger partial charge is 0.407 e. The average Bonchev–Trinajstić information content (AvgIpc) is 3.57. The number of alkyl carbamates (subject to hydrolysis) is 1. The molecule has 2 fully saturated rings. The van der Waals surface area contributed by atoms with Gasteiger partial charge in [0.25, 0.3) is 0 Å². The van der Waals surface area contributed by atoms with E-state index in [2.05, 4.69) is 29.6 Å². The van der Waals surface area contributed by atoms with E-state index in [4.69, 9.17) is 4.74 Å². The van der Waals surface area contributed by atoms with Gasteiger partial charge in [-0.2, -0.15) is 0 Å². The van der Waals surface area contributed by atoms with Crippen molar-refractivity contribution in [2.45, 2.75) is 44.6 Å². The SMILES string of the molecule is CC1CCN(C(=O)[C@H]2CCC[C@H]2CNC(=O)OCC2c3ccccc3-c3ccccc32)C1C(=O)O. The van der Waals surface area contributed by atoms with Crippen LogP contribution in [0, 0.1) is 17.8 Å². The topological polar surface area (TPSA) is 95.9 Å². The summed E-state index contributed by atoms with van der Waals surface area (Å²) in [4.78, 5) is 39.1. The van der Waals surface area contributed by atoms with Crippen molar-refractivity contribution in [2.24, 2.45) is 17.8 Å². The first-order chi connectivity index (χ1) is 17.0. The molecular weight excluding hydrogens is 444 g/mol. The summed E-state index contributed by atoms with van der Waals surface area (Å²) in [5, 5.41) is 12.5. The van der Waals surface area contributed by atoms with Gasteiger partial charge in [0, 0.05) is 24.9 Å². The molecule has 0 spiro atoms. The molecule has 0 radical (unpaired) electrons. The Labute approximate surface area is 205 Å². The number of carboxylic acids is 1. The highest BCUT2D eigenvalue weighted by Gasteiger charge is 2.44. The number of benzene rings is 2. The first-order valence-electron chi connectivity index (χ1n) is 12.6. The standard InChI is InChI=1S/C28H32N2O5/c1-17-13-14-30(25(17)27(32)33)26(31)19-12-6-7-18(19)15-29-28(34)35-16-24-22-10-4-2-8-20(22)21-9-3-5-11-23(21)24/h2-5,8-11,17-19,24-25H,6-7,12-16H2,1H3,(H,29,34)(H,32,33)/t17?,18-,19-,25?/m0/s1. The van der Waals surface area contributed by atoms with Crippen LogP contribution in [0.5, 0.6) is 0 Å². The van der Waals surface area contributed by atoms with Crippen molar-refractivity contribution in [2.75, 3.05) is 19.7 Å². The fourth-order valence-electron chi connectivity index (χ4n) is 6.25. The predicted octanol–water partition coefficient (Wildman–Crippen LogP) is 4.26. The molecule has 2 N–H and O–H groups in total. The first-order valence-corrected chi connectivity index (χ1v) is 12.6. The third-order valence-corrected chi connectivity index (χ3v) is 8.06. The molecule has 2 aromatic rings. The number of fused-ring (bicyclic) bond motifs is 3. The van der Waals surface area contributed by atoms with Crippen molar-refractivity contribution in [3.05, 3.63) is 59.7 Å². The maximum Gasteiger partial charge on any atom is 0.407 e. The lowest BCUT2D eigenvalue weighted by molar-refractivity contribution is -0.151. The number of nitrogens with zero attached hydrogens (tertiary/aromatic N) is 1. The van der Waals surface area contributed by atoms with E-state index in [1.54, 1.807) is 4.90 Å². The largest absolute Gasteiger partial charge is 0.480 e. The molecule has 1 aliphatic heterocycles. The molecule has 35 heavy (non-hydrogen) atoms. The Morgan fingerprint density at radius 3 is 2.31 bits per heavy atom. The van der Waals surface area contributed by atoms with Crippen LogP contribution in [0.3, 0.4) is 0 Å². The lowest BCUT2D eigenvalue weighted by atomic mass is 9.93. The van der Waals surface area contributed by atoms with E-state index in [-0.39, 0.29) is 36.2 Å². The number of hydrogen-bond donors (Lipinski definition) is 2. The van der Waals surface area contributed by atoms with Crippen molar-refractivity contribution < 1.29 is 24.2 Å². The van der Waals surface area contributed by atoms with Gasteiger partial charge in [0.1, 0.15) is 12.6 Å². The summed E-state index contributed by atoms with van der Waals surface area (Å²) in [6, 6.07) is 15.7. The number of hydrogen-bond acceptors (Lipinski definition) is 4. The zero-order valence-corrected chi connectivity index (χ0v) is 20.0. The van der Waals surface area contributed by atoms with Crippen molar-refractivity contribution in [1.82, 2.24) is 10.2 Å². The Morgan fingerprint density at radius 2 is 1.66 bits per heavy atom. The molecular formula is C28H32N2O5. The summed E-state index contributed by atoms with van der Waals surface area (Å²) in [5.41, 5.74) is 4.69. The number of aliphatic carboxylic acids is 1. The van der Waals surface area contributed by atoms with Gasteiger partial charge < -0.3 is 20.1 Å². The van der Waals surface area contributed by atoms with Gasteiger partial charge in [-0.25, -0.2) is 9.59 Å². The maximum absolute atomic E-state index is 13.2. The zero-order valence-electron chi connectivity index (χ0n) is 20.0. The third kappa shape index (κ3) is 4.40. The van der Waals surface area contributed by atoms with Crippen molar-refractivity contribution in [3.63, 3.8) is 0 Å². The first kappa shape index (κ1) is 23.4. The highest BCUT2D eigenvalue weighted by molar-refractivity contribution is 5.86. The van der Waals surface area contributed by atoms with Crippen LogP contribution >= 0.6 is 0 Å². The van der Waals surface area contributed by atoms with Crippen LogP contribution in [0.4, 0.5) is 4.79 Å². The molecule has 7 heteroatoms. The Balaban J connectivity index is 1.17. The van der Waals surface area contributed by atoms with E-state index in [1.807, 2.05) is 31.2 Å². The normalized spacial score (nSPS) is 25.2. The van der Waals surface area contributed by atoms with Gasteiger partial charge in [-0.1, -0.05) is 61.9 Å². The Hall–Kier alpha value is -3.35. The van der Waals surface area contributed by atoms with E-state index in [0.29, 0.717) is 19.5 Å². The van der Waals surface area contributed by atoms with Gasteiger partial charge in [-0.3, -0.25) is 4.79 Å². The number of carbonyl (C=O) groups excluding carboxylic acids is 2. The molecule has 7 nitrogen and oxygen atoms in total. The molecule has 184 valence electrons. The Bertz CT molecular complexity index is 1090. The highest BCUT2D eigenvalue weighted by Crippen LogP contribution is 2.44. The minimum atomic E-state index is -0.936. The lowest BCUT2D eigenvalue weighted by Crippen LogP contribution is -2.47. The second-order valence-electron chi connectivity index (χ2n) is 10.1. The van der Waals surface area contributed by atoms with E-state index >= 15 is 0 Å². The van der Waals surface area contributed by atoms with Gasteiger partial charge in [-0.15, -0.1) is 0 Å². The fourth-order valence-corrected chi connectivity index (χ4v) is 6.25. The van der Waals surface area contributed by atoms with E-state index in [0.717, 1.165) is 30.4 Å². The van der Waals surface area contributed by atoms with Crippen LogP contribution in [0.2, 0.25) is 0 Å². The molecule has 0 aromatic heterocycles. The molecule has 2 aromatic carbocycles. The lowest BCUT2D eigenvalue weighted by Gasteiger charge is -2.29. The number of nitrogens with one attached hydrogen (secondary N) is 1. The summed E-state index contributed by atoms with van der Waals surface area (Å²) in [6.07, 6.45) is 2.68. The predicted molar refractivity (Wildman–Crippen MR) is 131 cm³/mol. The van der Waals surface area contributed by atoms with Gasteiger partial charge >= 0.3 is 12.1 Å². The van der Waals surface area contributed by atoms with Gasteiger partial charge in [-0.05, 0) is 53.4 Å². The minimum Gasteiger partial charge on any atom is -0.480 e. The average molecular weight is 477 g/mol. The Kier molecular flexibility index (Phi) is 6.50. The summed E-state index contributed by atoms with van der Waals surface area (Å²) in [7, 11) is 0. The monoisotopic (exact) mass is 476 g/mol. The molecule has 1 saturated carbocycles. The quantitative estimate of drug-likeness (QED) is 0.649. The zero-order chi connectivity index (χ0) is 24.5. The van der Waals surface area contributed by atoms with Gasteiger partial charge in [0.15, 0.2) is 0 Å². The molecule has 3 aliphatic rings. The van der Waals surface area contributed by atoms with E-state index in [1.165, 1.54) is 11.1 Å². The number of carboxylic acid groups (broad SMARTS) is 1. The van der Waals surface area contributed by atoms with Crippen LogP contribution in [0.15, 0.2) is 48.5 Å². The highest BCUT2D eigenvalue weighted by atomic mass is 16.5. The molecule has 5 rings (SSSR count). The number of likely N-dealkylation sites (tertiary alicyclic amines) is 1. The van der Waals surface area contributed by atoms with Crippen LogP contribution in [0.1, 0.15) is 49.7 Å². The van der Waals surface area contributed by atoms with E-state index in [9.17, 15) is 19.5 Å². The molecule has 1 heterocycles. The molecule has 0 bridgehead atoms. The summed E-state index contributed by atoms with van der Waals surface area (Å²) < 4.78 is 5.63. The van der Waals surface area contributed by atoms with Crippen molar-refractivity contribution >= 4 is 18.0 Å². The number of rotatable bonds is 6. The molecule has 2 amide bonds. The second kappa shape index (κ2) is 9.72. The number of amides is 2. The second-order valence-corrected chi connectivity index (χ2v) is 10.1. The van der Waals surface area contributed by atoms with Crippen molar-refractivity contribution in [3.8, 4) is 11.1 Å². The fraction of sp³-hybridized carbons (Fsp3) is 0.464. The molecule has 2 aliphatic carbocycles. The maximum atomic E-state index is 13.2. The summed E-state index contributed by atoms with van der Waals surface area (Å²) >= 11 is 0. The van der Waals surface area contributed by atoms with Crippen LogP contribution in [-0.4, -0.2) is 53.7 Å².